The Morgan fingerprint density at radius 3 is 2.66 bits per heavy atom. The number of halogens is 2. The Labute approximate surface area is 165 Å². The first-order valence-corrected chi connectivity index (χ1v) is 9.32. The lowest BCUT2D eigenvalue weighted by Crippen LogP contribution is -2.31. The Kier molecular flexibility index (Phi) is 4.01. The lowest BCUT2D eigenvalue weighted by atomic mass is 10.0. The second kappa shape index (κ2) is 6.58. The molecule has 0 aliphatic carbocycles. The molecule has 3 aromatic heterocycles. The monoisotopic (exact) mass is 392 g/mol. The van der Waals surface area contributed by atoms with Crippen LogP contribution in [0.2, 0.25) is 0 Å². The molecule has 0 amide bonds. The average molecular weight is 392 g/mol. The van der Waals surface area contributed by atoms with Gasteiger partial charge in [0.15, 0.2) is 11.6 Å². The van der Waals surface area contributed by atoms with Gasteiger partial charge in [-0.3, -0.25) is 9.67 Å². The summed E-state index contributed by atoms with van der Waals surface area (Å²) in [6, 6.07) is 4.41. The highest BCUT2D eigenvalue weighted by Gasteiger charge is 2.22. The molecule has 8 heteroatoms. The molecule has 0 bridgehead atoms. The minimum Gasteiger partial charge on any atom is -0.351 e. The molecular weight excluding hydrogens is 374 g/mol. The highest BCUT2D eigenvalue weighted by atomic mass is 19.2. The van der Waals surface area contributed by atoms with E-state index in [9.17, 15) is 8.78 Å². The Bertz CT molecular complexity index is 1250. The summed E-state index contributed by atoms with van der Waals surface area (Å²) in [4.78, 5) is 15.2. The van der Waals surface area contributed by atoms with Crippen molar-refractivity contribution in [3.05, 3.63) is 65.5 Å². The molecular formula is C21H18F2N6. The normalized spacial score (nSPS) is 13.7. The van der Waals surface area contributed by atoms with Gasteiger partial charge in [-0.25, -0.2) is 18.7 Å². The van der Waals surface area contributed by atoms with Gasteiger partial charge in [0.05, 0.1) is 11.2 Å². The van der Waals surface area contributed by atoms with Crippen LogP contribution in [-0.2, 0) is 20.0 Å². The van der Waals surface area contributed by atoms with Crippen LogP contribution in [0.3, 0.4) is 0 Å². The van der Waals surface area contributed by atoms with E-state index in [-0.39, 0.29) is 0 Å². The number of hydrogen-bond donors (Lipinski definition) is 0. The minimum absolute atomic E-state index is 0.387. The van der Waals surface area contributed by atoms with E-state index >= 15 is 0 Å². The fraction of sp³-hybridized carbons (Fsp3) is 0.238. The van der Waals surface area contributed by atoms with Crippen LogP contribution in [-0.4, -0.2) is 31.3 Å². The van der Waals surface area contributed by atoms with E-state index in [1.807, 2.05) is 26.4 Å². The third-order valence-electron chi connectivity index (χ3n) is 5.32. The second-order valence-electron chi connectivity index (χ2n) is 7.28. The molecule has 0 unspecified atom stereocenters. The summed E-state index contributed by atoms with van der Waals surface area (Å²) in [5, 5.41) is 4.91. The van der Waals surface area contributed by atoms with Crippen molar-refractivity contribution in [3.63, 3.8) is 0 Å². The molecule has 0 atom stereocenters. The number of anilines is 1. The molecule has 5 rings (SSSR count). The molecule has 0 N–H and O–H groups in total. The van der Waals surface area contributed by atoms with Gasteiger partial charge in [0, 0.05) is 67.2 Å². The van der Waals surface area contributed by atoms with E-state index in [4.69, 9.17) is 0 Å². The van der Waals surface area contributed by atoms with Crippen LogP contribution in [0.25, 0.3) is 22.0 Å². The number of benzene rings is 1. The maximum atomic E-state index is 13.8. The van der Waals surface area contributed by atoms with E-state index in [0.29, 0.717) is 29.8 Å². The Morgan fingerprint density at radius 2 is 1.86 bits per heavy atom. The molecule has 1 aliphatic rings. The molecule has 4 heterocycles. The summed E-state index contributed by atoms with van der Waals surface area (Å²) in [6.45, 7) is 3.25. The van der Waals surface area contributed by atoms with Crippen LogP contribution in [0.15, 0.2) is 36.9 Å². The number of pyridine rings is 1. The molecule has 0 spiro atoms. The van der Waals surface area contributed by atoms with Crippen molar-refractivity contribution in [2.45, 2.75) is 19.9 Å². The Hall–Kier alpha value is -3.42. The Morgan fingerprint density at radius 1 is 1.03 bits per heavy atom. The third kappa shape index (κ3) is 3.00. The standard InChI is InChI=1S/C21H18F2N6/c1-12-16(10-28(2)27-12)13-5-14-9-29(4-3-19(14)24-8-13)21-15-6-17(22)18(23)7-20(15)25-11-26-21/h5-8,10-11H,3-4,9H2,1-2H3. The van der Waals surface area contributed by atoms with Crippen molar-refractivity contribution < 1.29 is 8.78 Å². The third-order valence-corrected chi connectivity index (χ3v) is 5.32. The number of aryl methyl sites for hydroxylation is 2. The molecule has 4 aromatic rings. The zero-order chi connectivity index (χ0) is 20.1. The lowest BCUT2D eigenvalue weighted by molar-refractivity contribution is 0.510. The topological polar surface area (TPSA) is 59.7 Å². The van der Waals surface area contributed by atoms with Crippen molar-refractivity contribution in [3.8, 4) is 11.1 Å². The molecule has 0 radical (unpaired) electrons. The molecule has 1 aliphatic heterocycles. The lowest BCUT2D eigenvalue weighted by Gasteiger charge is -2.30. The highest BCUT2D eigenvalue weighted by Crippen LogP contribution is 2.31. The van der Waals surface area contributed by atoms with Gasteiger partial charge in [0.25, 0.3) is 0 Å². The fourth-order valence-electron chi connectivity index (χ4n) is 3.93. The van der Waals surface area contributed by atoms with Crippen molar-refractivity contribution >= 4 is 16.7 Å². The zero-order valence-corrected chi connectivity index (χ0v) is 16.0. The largest absolute Gasteiger partial charge is 0.351 e. The number of rotatable bonds is 2. The molecule has 146 valence electrons. The molecule has 0 saturated carbocycles. The predicted molar refractivity (Wildman–Crippen MR) is 105 cm³/mol. The summed E-state index contributed by atoms with van der Waals surface area (Å²) >= 11 is 0. The summed E-state index contributed by atoms with van der Waals surface area (Å²) in [5.41, 5.74) is 5.52. The summed E-state index contributed by atoms with van der Waals surface area (Å²) < 4.78 is 29.2. The summed E-state index contributed by atoms with van der Waals surface area (Å²) in [7, 11) is 1.90. The SMILES string of the molecule is Cc1nn(C)cc1-c1cnc2c(c1)CN(c1ncnc3cc(F)c(F)cc13)CC2. The van der Waals surface area contributed by atoms with Crippen LogP contribution >= 0.6 is 0 Å². The highest BCUT2D eigenvalue weighted by molar-refractivity contribution is 5.89. The first kappa shape index (κ1) is 17.7. The van der Waals surface area contributed by atoms with Crippen molar-refractivity contribution in [2.75, 3.05) is 11.4 Å². The van der Waals surface area contributed by atoms with Crippen LogP contribution in [0.5, 0.6) is 0 Å². The van der Waals surface area contributed by atoms with Gasteiger partial charge in [0.1, 0.15) is 12.1 Å². The first-order chi connectivity index (χ1) is 14.0. The maximum absolute atomic E-state index is 13.8. The van der Waals surface area contributed by atoms with E-state index in [2.05, 4.69) is 31.0 Å². The zero-order valence-electron chi connectivity index (χ0n) is 16.0. The van der Waals surface area contributed by atoms with Gasteiger partial charge in [-0.2, -0.15) is 5.10 Å². The number of nitrogens with zero attached hydrogens (tertiary/aromatic N) is 6. The van der Waals surface area contributed by atoms with E-state index in [0.717, 1.165) is 40.6 Å². The van der Waals surface area contributed by atoms with Crippen molar-refractivity contribution in [1.29, 1.82) is 0 Å². The van der Waals surface area contributed by atoms with E-state index < -0.39 is 11.6 Å². The average Bonchev–Trinajstić information content (AvgIpc) is 3.05. The van der Waals surface area contributed by atoms with Crippen LogP contribution in [0.4, 0.5) is 14.6 Å². The number of aromatic nitrogens is 5. The van der Waals surface area contributed by atoms with Crippen LogP contribution < -0.4 is 4.90 Å². The first-order valence-electron chi connectivity index (χ1n) is 9.32. The molecule has 0 fully saturated rings. The van der Waals surface area contributed by atoms with Gasteiger partial charge in [0.2, 0.25) is 0 Å². The van der Waals surface area contributed by atoms with Gasteiger partial charge in [-0.1, -0.05) is 0 Å². The van der Waals surface area contributed by atoms with Crippen LogP contribution in [0, 0.1) is 18.6 Å². The van der Waals surface area contributed by atoms with Gasteiger partial charge in [-0.15, -0.1) is 0 Å². The molecule has 0 saturated heterocycles. The van der Waals surface area contributed by atoms with E-state index in [1.54, 1.807) is 4.68 Å². The van der Waals surface area contributed by atoms with Crippen molar-refractivity contribution in [1.82, 2.24) is 24.7 Å². The maximum Gasteiger partial charge on any atom is 0.161 e. The summed E-state index contributed by atoms with van der Waals surface area (Å²) in [6.07, 6.45) is 6.00. The van der Waals surface area contributed by atoms with Crippen LogP contribution in [0.1, 0.15) is 17.0 Å². The quantitative estimate of drug-likeness (QED) is 0.522. The van der Waals surface area contributed by atoms with Gasteiger partial charge in [-0.05, 0) is 24.6 Å². The minimum atomic E-state index is -0.910. The van der Waals surface area contributed by atoms with Crippen molar-refractivity contribution in [2.24, 2.45) is 7.05 Å². The second-order valence-corrected chi connectivity index (χ2v) is 7.28. The van der Waals surface area contributed by atoms with Gasteiger partial charge >= 0.3 is 0 Å². The molecule has 6 nitrogen and oxygen atoms in total. The fourth-order valence-corrected chi connectivity index (χ4v) is 3.93. The number of hydrogen-bond acceptors (Lipinski definition) is 5. The van der Waals surface area contributed by atoms with E-state index in [1.165, 1.54) is 12.4 Å². The Balaban J connectivity index is 1.54. The molecule has 1 aromatic carbocycles. The predicted octanol–water partition coefficient (Wildman–Crippen LogP) is 3.57. The summed E-state index contributed by atoms with van der Waals surface area (Å²) in [5.74, 6) is -1.21. The van der Waals surface area contributed by atoms with Gasteiger partial charge < -0.3 is 4.90 Å². The smallest absolute Gasteiger partial charge is 0.161 e. The number of fused-ring (bicyclic) bond motifs is 2. The molecule has 29 heavy (non-hydrogen) atoms.